The van der Waals surface area contributed by atoms with E-state index >= 15 is 0 Å². The Morgan fingerprint density at radius 1 is 1.18 bits per heavy atom. The monoisotopic (exact) mass is 383 g/mol. The number of carbonyl (C=O) groups is 1. The lowest BCUT2D eigenvalue weighted by Gasteiger charge is -2.38. The molecule has 1 fully saturated rings. The van der Waals surface area contributed by atoms with Crippen LogP contribution in [0.1, 0.15) is 40.4 Å². The van der Waals surface area contributed by atoms with Gasteiger partial charge in [0.1, 0.15) is 22.8 Å². The number of ether oxygens (including phenoxy) is 3. The first-order chi connectivity index (χ1) is 13.6. The quantitative estimate of drug-likeness (QED) is 0.802. The summed E-state index contributed by atoms with van der Waals surface area (Å²) in [6.07, 6.45) is 1.91. The zero-order valence-electron chi connectivity index (χ0n) is 16.1. The van der Waals surface area contributed by atoms with Gasteiger partial charge in [-0.25, -0.2) is 0 Å². The highest BCUT2D eigenvalue weighted by Crippen LogP contribution is 2.40. The Morgan fingerprint density at radius 3 is 2.54 bits per heavy atom. The summed E-state index contributed by atoms with van der Waals surface area (Å²) in [5.41, 5.74) is 2.57. The Bertz CT molecular complexity index is 853. The Balaban J connectivity index is 1.64. The molecule has 0 spiro atoms. The van der Waals surface area contributed by atoms with E-state index in [4.69, 9.17) is 14.2 Å². The van der Waals surface area contributed by atoms with E-state index in [1.54, 1.807) is 18.2 Å². The largest absolute Gasteiger partial charge is 0.496 e. The molecule has 6 heteroatoms. The number of rotatable bonds is 6. The van der Waals surface area contributed by atoms with Crippen LogP contribution in [0.3, 0.4) is 0 Å². The van der Waals surface area contributed by atoms with Crippen LogP contribution >= 0.6 is 0 Å². The highest BCUT2D eigenvalue weighted by atomic mass is 16.5. The van der Waals surface area contributed by atoms with Gasteiger partial charge in [-0.1, -0.05) is 12.1 Å². The number of fused-ring (bicyclic) bond motifs is 1. The van der Waals surface area contributed by atoms with Gasteiger partial charge in [-0.15, -0.1) is 0 Å². The summed E-state index contributed by atoms with van der Waals surface area (Å²) >= 11 is 0. The second kappa shape index (κ2) is 7.72. The Hall–Kier alpha value is -2.73. The normalized spacial score (nSPS) is 21.1. The zero-order valence-corrected chi connectivity index (χ0v) is 16.1. The summed E-state index contributed by atoms with van der Waals surface area (Å²) in [7, 11) is 3.07. The van der Waals surface area contributed by atoms with Gasteiger partial charge in [-0.2, -0.15) is 0 Å². The first-order valence-electron chi connectivity index (χ1n) is 9.56. The third-order valence-electron chi connectivity index (χ3n) is 5.64. The van der Waals surface area contributed by atoms with Crippen molar-refractivity contribution in [2.45, 2.75) is 31.4 Å². The molecular weight excluding hydrogens is 358 g/mol. The van der Waals surface area contributed by atoms with E-state index in [-0.39, 0.29) is 24.0 Å². The molecule has 0 radical (unpaired) electrons. The fourth-order valence-electron chi connectivity index (χ4n) is 4.06. The summed E-state index contributed by atoms with van der Waals surface area (Å²) in [5, 5.41) is 13.0. The molecule has 4 rings (SSSR count). The van der Waals surface area contributed by atoms with Crippen LogP contribution in [0.2, 0.25) is 0 Å². The molecule has 28 heavy (non-hydrogen) atoms. The van der Waals surface area contributed by atoms with Gasteiger partial charge in [0.25, 0.3) is 5.91 Å². The number of hydrogen-bond acceptors (Lipinski definition) is 5. The van der Waals surface area contributed by atoms with Gasteiger partial charge < -0.3 is 24.6 Å². The molecule has 2 aromatic carbocycles. The maximum Gasteiger partial charge on any atom is 0.259 e. The number of methoxy groups -OCH3 is 2. The van der Waals surface area contributed by atoms with Gasteiger partial charge >= 0.3 is 0 Å². The molecule has 148 valence electrons. The molecule has 1 saturated carbocycles. The van der Waals surface area contributed by atoms with E-state index in [1.165, 1.54) is 14.2 Å². The Kier molecular flexibility index (Phi) is 5.13. The summed E-state index contributed by atoms with van der Waals surface area (Å²) in [6.45, 7) is 0.691. The molecule has 1 aliphatic heterocycles. The molecule has 1 heterocycles. The first kappa shape index (κ1) is 18.6. The van der Waals surface area contributed by atoms with Crippen molar-refractivity contribution in [1.82, 2.24) is 5.32 Å². The molecule has 6 nitrogen and oxygen atoms in total. The fraction of sp³-hybridized carbons (Fsp3) is 0.409. The number of aliphatic hydroxyl groups is 1. The van der Waals surface area contributed by atoms with Crippen molar-refractivity contribution in [2.75, 3.05) is 20.8 Å². The predicted octanol–water partition coefficient (Wildman–Crippen LogP) is 2.88. The van der Waals surface area contributed by atoms with Gasteiger partial charge in [0.15, 0.2) is 0 Å². The van der Waals surface area contributed by atoms with Gasteiger partial charge in [0, 0.05) is 6.42 Å². The molecule has 1 aliphatic carbocycles. The average molecular weight is 383 g/mol. The SMILES string of the molecule is COc1cccc(OC)c1C(=O)N[C@@H](c1ccc2c(c1)CCO2)C1CC(O)C1. The van der Waals surface area contributed by atoms with Crippen LogP contribution in [0, 0.1) is 5.92 Å². The van der Waals surface area contributed by atoms with Crippen molar-refractivity contribution in [3.8, 4) is 17.2 Å². The van der Waals surface area contributed by atoms with E-state index < -0.39 is 0 Å². The van der Waals surface area contributed by atoms with Gasteiger partial charge in [-0.05, 0) is 54.2 Å². The number of nitrogens with one attached hydrogen (secondary N) is 1. The Labute approximate surface area is 164 Å². The highest BCUT2D eigenvalue weighted by molar-refractivity contribution is 6.00. The lowest BCUT2D eigenvalue weighted by atomic mass is 9.74. The molecule has 0 saturated heterocycles. The second-order valence-electron chi connectivity index (χ2n) is 7.34. The smallest absolute Gasteiger partial charge is 0.259 e. The minimum atomic E-state index is -0.303. The summed E-state index contributed by atoms with van der Waals surface area (Å²) in [6, 6.07) is 11.1. The maximum absolute atomic E-state index is 13.2. The van der Waals surface area contributed by atoms with Crippen molar-refractivity contribution < 1.29 is 24.1 Å². The van der Waals surface area contributed by atoms with Crippen LogP contribution in [0.25, 0.3) is 0 Å². The van der Waals surface area contributed by atoms with Crippen LogP contribution < -0.4 is 19.5 Å². The lowest BCUT2D eigenvalue weighted by Crippen LogP contribution is -2.41. The number of amides is 1. The third-order valence-corrected chi connectivity index (χ3v) is 5.64. The van der Waals surface area contributed by atoms with Crippen molar-refractivity contribution >= 4 is 5.91 Å². The lowest BCUT2D eigenvalue weighted by molar-refractivity contribution is 0.0234. The van der Waals surface area contributed by atoms with Gasteiger partial charge in [-0.3, -0.25) is 4.79 Å². The van der Waals surface area contributed by atoms with Crippen molar-refractivity contribution in [2.24, 2.45) is 5.92 Å². The molecule has 0 bridgehead atoms. The standard InChI is InChI=1S/C22H25NO5/c1-26-18-4-3-5-19(27-2)20(18)22(25)23-21(15-11-16(24)12-15)14-6-7-17-13(10-14)8-9-28-17/h3-7,10,15-16,21,24H,8-9,11-12H2,1-2H3,(H,23,25)/t15?,16?,21-/m0/s1. The van der Waals surface area contributed by atoms with Crippen molar-refractivity contribution in [1.29, 1.82) is 0 Å². The topological polar surface area (TPSA) is 77.0 Å². The van der Waals surface area contributed by atoms with E-state index in [0.29, 0.717) is 36.5 Å². The van der Waals surface area contributed by atoms with Crippen LogP contribution in [-0.4, -0.2) is 37.9 Å². The van der Waals surface area contributed by atoms with E-state index in [0.717, 1.165) is 23.3 Å². The minimum Gasteiger partial charge on any atom is -0.496 e. The predicted molar refractivity (Wildman–Crippen MR) is 104 cm³/mol. The molecule has 2 aliphatic rings. The summed E-state index contributed by atoms with van der Waals surface area (Å²) in [4.78, 5) is 13.2. The Morgan fingerprint density at radius 2 is 1.89 bits per heavy atom. The van der Waals surface area contributed by atoms with Crippen LogP contribution in [0.4, 0.5) is 0 Å². The molecule has 1 amide bonds. The van der Waals surface area contributed by atoms with Gasteiger partial charge in [0.05, 0.1) is 33.0 Å². The minimum absolute atomic E-state index is 0.181. The molecular formula is C22H25NO5. The van der Waals surface area contributed by atoms with E-state index in [1.807, 2.05) is 12.1 Å². The summed E-state index contributed by atoms with van der Waals surface area (Å²) in [5.74, 6) is 1.77. The average Bonchev–Trinajstić information content (AvgIpc) is 3.16. The van der Waals surface area contributed by atoms with E-state index in [9.17, 15) is 9.90 Å². The molecule has 2 N–H and O–H groups in total. The molecule has 2 aromatic rings. The number of benzene rings is 2. The molecule has 1 atom stereocenters. The molecule has 0 aromatic heterocycles. The number of hydrogen-bond donors (Lipinski definition) is 2. The first-order valence-corrected chi connectivity index (χ1v) is 9.56. The van der Waals surface area contributed by atoms with Crippen LogP contribution in [-0.2, 0) is 6.42 Å². The summed E-state index contributed by atoms with van der Waals surface area (Å²) < 4.78 is 16.4. The van der Waals surface area contributed by atoms with Crippen LogP contribution in [0.5, 0.6) is 17.2 Å². The van der Waals surface area contributed by atoms with Gasteiger partial charge in [0.2, 0.25) is 0 Å². The third kappa shape index (κ3) is 3.40. The van der Waals surface area contributed by atoms with Crippen LogP contribution in [0.15, 0.2) is 36.4 Å². The van der Waals surface area contributed by atoms with Crippen molar-refractivity contribution in [3.63, 3.8) is 0 Å². The second-order valence-corrected chi connectivity index (χ2v) is 7.34. The number of carbonyl (C=O) groups excluding carboxylic acids is 1. The van der Waals surface area contributed by atoms with E-state index in [2.05, 4.69) is 11.4 Å². The zero-order chi connectivity index (χ0) is 19.7. The highest BCUT2D eigenvalue weighted by Gasteiger charge is 2.37. The maximum atomic E-state index is 13.2. The molecule has 0 unspecified atom stereocenters. The van der Waals surface area contributed by atoms with Crippen molar-refractivity contribution in [3.05, 3.63) is 53.1 Å². The fourth-order valence-corrected chi connectivity index (χ4v) is 4.06. The number of aliphatic hydroxyl groups excluding tert-OH is 1.